The van der Waals surface area contributed by atoms with Gasteiger partial charge in [0.1, 0.15) is 0 Å². The Morgan fingerprint density at radius 3 is 2.11 bits per heavy atom. The molecule has 0 aromatic rings. The SMILES string of the molecule is CC(C)NC(=O)C(=O)NNC(=O)C1CCCCC1. The summed E-state index contributed by atoms with van der Waals surface area (Å²) in [7, 11) is 0. The number of amides is 3. The van der Waals surface area contributed by atoms with Gasteiger partial charge in [-0.2, -0.15) is 0 Å². The van der Waals surface area contributed by atoms with Crippen LogP contribution in [0, 0.1) is 5.92 Å². The fraction of sp³-hybridized carbons (Fsp3) is 0.750. The molecule has 1 saturated carbocycles. The fourth-order valence-corrected chi connectivity index (χ4v) is 1.97. The van der Waals surface area contributed by atoms with Gasteiger partial charge in [0.05, 0.1) is 0 Å². The van der Waals surface area contributed by atoms with Crippen LogP contribution in [0.4, 0.5) is 0 Å². The number of hydrogen-bond acceptors (Lipinski definition) is 3. The smallest absolute Gasteiger partial charge is 0.327 e. The molecular formula is C12H21N3O3. The molecule has 0 saturated heterocycles. The van der Waals surface area contributed by atoms with Crippen LogP contribution in [0.25, 0.3) is 0 Å². The Morgan fingerprint density at radius 1 is 0.944 bits per heavy atom. The van der Waals surface area contributed by atoms with E-state index in [0.29, 0.717) is 0 Å². The van der Waals surface area contributed by atoms with Crippen molar-refractivity contribution >= 4 is 17.7 Å². The van der Waals surface area contributed by atoms with Crippen LogP contribution in [0.15, 0.2) is 0 Å². The van der Waals surface area contributed by atoms with Crippen LogP contribution in [0.2, 0.25) is 0 Å². The molecule has 0 bridgehead atoms. The van der Waals surface area contributed by atoms with Crippen molar-refractivity contribution in [2.45, 2.75) is 52.0 Å². The topological polar surface area (TPSA) is 87.3 Å². The Kier molecular flexibility index (Phi) is 5.61. The molecule has 0 spiro atoms. The largest absolute Gasteiger partial charge is 0.346 e. The molecule has 3 N–H and O–H groups in total. The van der Waals surface area contributed by atoms with Gasteiger partial charge in [-0.05, 0) is 26.7 Å². The first-order valence-electron chi connectivity index (χ1n) is 6.41. The zero-order valence-corrected chi connectivity index (χ0v) is 10.9. The minimum Gasteiger partial charge on any atom is -0.346 e. The third-order valence-corrected chi connectivity index (χ3v) is 2.90. The summed E-state index contributed by atoms with van der Waals surface area (Å²) in [4.78, 5) is 34.3. The normalized spacial score (nSPS) is 16.2. The maximum absolute atomic E-state index is 11.7. The van der Waals surface area contributed by atoms with Gasteiger partial charge in [0.15, 0.2) is 0 Å². The molecule has 6 heteroatoms. The molecule has 0 aliphatic heterocycles. The van der Waals surface area contributed by atoms with Crippen molar-refractivity contribution in [1.29, 1.82) is 0 Å². The number of nitrogens with one attached hydrogen (secondary N) is 3. The Hall–Kier alpha value is -1.59. The van der Waals surface area contributed by atoms with Crippen LogP contribution in [-0.2, 0) is 14.4 Å². The highest BCUT2D eigenvalue weighted by atomic mass is 16.2. The average molecular weight is 255 g/mol. The molecule has 0 unspecified atom stereocenters. The molecule has 0 aromatic heterocycles. The third kappa shape index (κ3) is 4.73. The third-order valence-electron chi connectivity index (χ3n) is 2.90. The maximum atomic E-state index is 11.7. The maximum Gasteiger partial charge on any atom is 0.327 e. The summed E-state index contributed by atoms with van der Waals surface area (Å²) in [6.45, 7) is 3.51. The molecule has 0 heterocycles. The van der Waals surface area contributed by atoms with E-state index in [4.69, 9.17) is 0 Å². The van der Waals surface area contributed by atoms with E-state index in [-0.39, 0.29) is 17.9 Å². The fourth-order valence-electron chi connectivity index (χ4n) is 1.97. The average Bonchev–Trinajstić information content (AvgIpc) is 2.35. The van der Waals surface area contributed by atoms with Crippen LogP contribution < -0.4 is 16.2 Å². The van der Waals surface area contributed by atoms with Gasteiger partial charge in [-0.1, -0.05) is 19.3 Å². The van der Waals surface area contributed by atoms with Crippen LogP contribution >= 0.6 is 0 Å². The zero-order chi connectivity index (χ0) is 13.5. The first-order valence-corrected chi connectivity index (χ1v) is 6.41. The standard InChI is InChI=1S/C12H21N3O3/c1-8(2)13-11(17)12(18)15-14-10(16)9-6-4-3-5-7-9/h8-9H,3-7H2,1-2H3,(H,13,17)(H,14,16)(H,15,18). The molecule has 1 rings (SSSR count). The van der Waals surface area contributed by atoms with E-state index in [1.807, 2.05) is 0 Å². The van der Waals surface area contributed by atoms with Gasteiger partial charge in [-0.3, -0.25) is 25.2 Å². The molecule has 1 aliphatic rings. The molecular weight excluding hydrogens is 234 g/mol. The van der Waals surface area contributed by atoms with Gasteiger partial charge >= 0.3 is 11.8 Å². The summed E-state index contributed by atoms with van der Waals surface area (Å²) in [5.41, 5.74) is 4.44. The summed E-state index contributed by atoms with van der Waals surface area (Å²) < 4.78 is 0. The molecule has 6 nitrogen and oxygen atoms in total. The van der Waals surface area contributed by atoms with Gasteiger partial charge in [0, 0.05) is 12.0 Å². The van der Waals surface area contributed by atoms with E-state index in [1.165, 1.54) is 0 Å². The highest BCUT2D eigenvalue weighted by Gasteiger charge is 2.22. The van der Waals surface area contributed by atoms with E-state index >= 15 is 0 Å². The van der Waals surface area contributed by atoms with Crippen molar-refractivity contribution in [2.24, 2.45) is 5.92 Å². The van der Waals surface area contributed by atoms with Gasteiger partial charge in [-0.25, -0.2) is 0 Å². The zero-order valence-electron chi connectivity index (χ0n) is 10.9. The van der Waals surface area contributed by atoms with Crippen molar-refractivity contribution in [1.82, 2.24) is 16.2 Å². The molecule has 102 valence electrons. The van der Waals surface area contributed by atoms with Gasteiger partial charge in [-0.15, -0.1) is 0 Å². The van der Waals surface area contributed by atoms with Crippen molar-refractivity contribution < 1.29 is 14.4 Å². The van der Waals surface area contributed by atoms with E-state index in [2.05, 4.69) is 16.2 Å². The molecule has 3 amide bonds. The minimum absolute atomic E-state index is 0.0489. The van der Waals surface area contributed by atoms with E-state index in [1.54, 1.807) is 13.8 Å². The summed E-state index contributed by atoms with van der Waals surface area (Å²) in [6, 6.07) is -0.114. The highest BCUT2D eigenvalue weighted by Crippen LogP contribution is 2.23. The summed E-state index contributed by atoms with van der Waals surface area (Å²) >= 11 is 0. The van der Waals surface area contributed by atoms with E-state index in [9.17, 15) is 14.4 Å². The molecule has 1 aliphatic carbocycles. The lowest BCUT2D eigenvalue weighted by atomic mass is 9.89. The quantitative estimate of drug-likeness (QED) is 0.488. The second-order valence-corrected chi connectivity index (χ2v) is 4.91. The lowest BCUT2D eigenvalue weighted by Gasteiger charge is -2.20. The molecule has 18 heavy (non-hydrogen) atoms. The summed E-state index contributed by atoms with van der Waals surface area (Å²) in [5.74, 6) is -1.84. The predicted molar refractivity (Wildman–Crippen MR) is 66.1 cm³/mol. The second-order valence-electron chi connectivity index (χ2n) is 4.91. The summed E-state index contributed by atoms with van der Waals surface area (Å²) in [5, 5.41) is 2.44. The highest BCUT2D eigenvalue weighted by molar-refractivity contribution is 6.35. The Labute approximate surface area is 107 Å². The molecule has 1 fully saturated rings. The van der Waals surface area contributed by atoms with Crippen LogP contribution in [0.5, 0.6) is 0 Å². The molecule has 0 radical (unpaired) electrons. The number of carbonyl (C=O) groups excluding carboxylic acids is 3. The first-order chi connectivity index (χ1) is 8.50. The Bertz CT molecular complexity index is 323. The lowest BCUT2D eigenvalue weighted by molar-refractivity contribution is -0.141. The minimum atomic E-state index is -0.840. The monoisotopic (exact) mass is 255 g/mol. The lowest BCUT2D eigenvalue weighted by Crippen LogP contribution is -2.51. The van der Waals surface area contributed by atoms with Crippen molar-refractivity contribution in [3.63, 3.8) is 0 Å². The van der Waals surface area contributed by atoms with Crippen molar-refractivity contribution in [2.75, 3.05) is 0 Å². The van der Waals surface area contributed by atoms with E-state index in [0.717, 1.165) is 32.1 Å². The van der Waals surface area contributed by atoms with Gasteiger partial charge in [0.2, 0.25) is 5.91 Å². The van der Waals surface area contributed by atoms with Crippen LogP contribution in [0.3, 0.4) is 0 Å². The Morgan fingerprint density at radius 2 is 1.56 bits per heavy atom. The van der Waals surface area contributed by atoms with E-state index < -0.39 is 11.8 Å². The number of carbonyl (C=O) groups is 3. The van der Waals surface area contributed by atoms with Crippen molar-refractivity contribution in [3.05, 3.63) is 0 Å². The predicted octanol–water partition coefficient (Wildman–Crippen LogP) is 0.239. The van der Waals surface area contributed by atoms with Crippen LogP contribution in [0.1, 0.15) is 46.0 Å². The number of rotatable bonds is 2. The van der Waals surface area contributed by atoms with Gasteiger partial charge in [0.25, 0.3) is 0 Å². The molecule has 0 atom stereocenters. The van der Waals surface area contributed by atoms with Crippen molar-refractivity contribution in [3.8, 4) is 0 Å². The number of hydrogen-bond donors (Lipinski definition) is 3. The number of hydrazine groups is 1. The summed E-state index contributed by atoms with van der Waals surface area (Å²) in [6.07, 6.45) is 4.94. The molecule has 0 aromatic carbocycles. The first kappa shape index (κ1) is 14.5. The second kappa shape index (κ2) is 6.98. The Balaban J connectivity index is 2.28. The van der Waals surface area contributed by atoms with Crippen LogP contribution in [-0.4, -0.2) is 23.8 Å². The van der Waals surface area contributed by atoms with Gasteiger partial charge < -0.3 is 5.32 Å².